The number of carbonyl (C=O) groups excluding carboxylic acids is 8. The largest absolute Gasteiger partial charge is 0.394 e. The third-order valence-electron chi connectivity index (χ3n) is 14.3. The fourth-order valence-corrected chi connectivity index (χ4v) is 10.5. The fourth-order valence-electron chi connectivity index (χ4n) is 9.19. The molecule has 0 bridgehead atoms. The maximum atomic E-state index is 13.8. The van der Waals surface area contributed by atoms with Crippen molar-refractivity contribution in [3.63, 3.8) is 0 Å². The Labute approximate surface area is 557 Å². The Morgan fingerprint density at radius 3 is 1.42 bits per heavy atom. The van der Waals surface area contributed by atoms with Crippen molar-refractivity contribution in [1.29, 1.82) is 0 Å². The maximum Gasteiger partial charge on any atom is 0.243 e. The minimum atomic E-state index is -2.61. The first-order valence-electron chi connectivity index (χ1n) is 30.9. The zero-order valence-corrected chi connectivity index (χ0v) is 56.8. The Morgan fingerprint density at radius 1 is 0.558 bits per heavy atom. The summed E-state index contributed by atoms with van der Waals surface area (Å²) >= 11 is 3.84. The highest BCUT2D eigenvalue weighted by Crippen LogP contribution is 2.35. The number of aliphatic hydroxyl groups excluding tert-OH is 9. The van der Waals surface area contributed by atoms with E-state index in [2.05, 4.69) is 54.8 Å². The Bertz CT molecular complexity index is 2340. The minimum absolute atomic E-state index is 0.0156. The molecule has 8 amide bonds. The molecule has 17 unspecified atom stereocenters. The molecule has 0 radical (unpaired) electrons. The van der Waals surface area contributed by atoms with E-state index in [1.165, 1.54) is 21.0 Å². The van der Waals surface area contributed by atoms with Crippen molar-refractivity contribution < 1.29 is 141 Å². The van der Waals surface area contributed by atoms with Crippen LogP contribution < -0.4 is 42.5 Å². The normalized spacial score (nSPS) is 23.7. The molecule has 17 atom stereocenters. The third-order valence-corrected chi connectivity index (χ3v) is 15.3. The average Bonchev–Trinajstić information content (AvgIpc) is 0.858. The van der Waals surface area contributed by atoms with E-state index in [1.54, 1.807) is 27.7 Å². The van der Waals surface area contributed by atoms with Crippen LogP contribution >= 0.6 is 19.5 Å². The fraction of sp³-hybridized carbons (Fsp3) is 0.857. The summed E-state index contributed by atoms with van der Waals surface area (Å²) in [4.78, 5) is 103. The number of rotatable bonds is 49. The minimum Gasteiger partial charge on any atom is -0.394 e. The maximum absolute atomic E-state index is 13.8. The Balaban J connectivity index is 2.18. The number of hydrogen-bond donors (Lipinski definition) is 18. The van der Waals surface area contributed by atoms with E-state index in [-0.39, 0.29) is 118 Å². The summed E-state index contributed by atoms with van der Waals surface area (Å²) in [6.07, 6.45) is -18.6. The predicted octanol–water partition coefficient (Wildman–Crippen LogP) is -7.27. The van der Waals surface area contributed by atoms with Crippen LogP contribution in [0.3, 0.4) is 0 Å². The molecule has 0 aromatic rings. The van der Waals surface area contributed by atoms with Gasteiger partial charge in [-0.1, -0.05) is 12.2 Å². The monoisotopic (exact) mass is 1410 g/mol. The van der Waals surface area contributed by atoms with E-state index >= 15 is 0 Å². The lowest BCUT2D eigenvalue weighted by Gasteiger charge is -2.42. The molecule has 2 saturated heterocycles. The van der Waals surface area contributed by atoms with E-state index in [0.29, 0.717) is 0 Å². The molecule has 0 aromatic heterocycles. The lowest BCUT2D eigenvalue weighted by molar-refractivity contribution is -0.272. The summed E-state index contributed by atoms with van der Waals surface area (Å²) in [5.74, 6) is -5.17. The van der Waals surface area contributed by atoms with Crippen molar-refractivity contribution in [2.24, 2.45) is 0 Å². The number of methoxy groups -OCH3 is 1. The van der Waals surface area contributed by atoms with Crippen LogP contribution in [-0.4, -0.2) is 315 Å². The summed E-state index contributed by atoms with van der Waals surface area (Å²) in [7, 11) is -1.41. The van der Waals surface area contributed by atoms with Crippen LogP contribution in [0.2, 0.25) is 0 Å². The van der Waals surface area contributed by atoms with Crippen molar-refractivity contribution >= 4 is 66.7 Å². The highest BCUT2D eigenvalue weighted by atomic mass is 32.7. The molecule has 2 aliphatic heterocycles. The smallest absolute Gasteiger partial charge is 0.243 e. The molecule has 39 heteroatoms. The van der Waals surface area contributed by atoms with Crippen molar-refractivity contribution in [2.45, 2.75) is 196 Å². The van der Waals surface area contributed by atoms with E-state index in [0.717, 1.165) is 6.92 Å². The van der Waals surface area contributed by atoms with Gasteiger partial charge in [0.2, 0.25) is 54.5 Å². The SMILES string of the molecule is COC(CO)C(O)C(O)C(NC(C)=O)OCCOCCNC(=O)C(CCC(=O)NC(CCC(=O)NCCOCCOC1OC(CO)C(O)C(O)C1NC(C)=O)C(=O)NCCOCCOC1OC(CO)C(O)C(O)C1NC(C)=O)NC(=O)CCC(C)(C)OCC(C)(C)O[PH](=O)S. The van der Waals surface area contributed by atoms with E-state index in [4.69, 9.17) is 51.9 Å². The summed E-state index contributed by atoms with van der Waals surface area (Å²) < 4.78 is 72.4. The molecule has 0 saturated carbocycles. The topological polar surface area (TPSA) is 533 Å². The second-order valence-corrected chi connectivity index (χ2v) is 25.1. The number of hydrogen-bond acceptors (Lipinski definition) is 29. The van der Waals surface area contributed by atoms with Gasteiger partial charge in [0.05, 0.1) is 97.1 Å². The molecule has 0 spiro atoms. The Kier molecular flexibility index (Phi) is 41.9. The number of thiol groups is 1. The number of ether oxygens (including phenoxy) is 10. The summed E-state index contributed by atoms with van der Waals surface area (Å²) in [6, 6.07) is -5.10. The Morgan fingerprint density at radius 2 is 1.00 bits per heavy atom. The van der Waals surface area contributed by atoms with Crippen LogP contribution in [0, 0.1) is 0 Å². The van der Waals surface area contributed by atoms with Gasteiger partial charge in [0.1, 0.15) is 79.1 Å². The zero-order valence-electron chi connectivity index (χ0n) is 54.9. The van der Waals surface area contributed by atoms with Gasteiger partial charge in [-0.2, -0.15) is 0 Å². The molecule has 37 nitrogen and oxygen atoms in total. The molecule has 2 rings (SSSR count). The number of amides is 8. The summed E-state index contributed by atoms with van der Waals surface area (Å²) in [5.41, 5.74) is -1.92. The summed E-state index contributed by atoms with van der Waals surface area (Å²) in [5, 5.41) is 112. The van der Waals surface area contributed by atoms with Gasteiger partial charge in [-0.25, -0.2) is 0 Å². The first-order chi connectivity index (χ1) is 44.8. The first kappa shape index (κ1) is 86.6. The van der Waals surface area contributed by atoms with E-state index < -0.39 is 190 Å². The van der Waals surface area contributed by atoms with Crippen molar-refractivity contribution in [1.82, 2.24) is 42.5 Å². The standard InChI is InChI=1S/C56H103N8O29PS/c1-31(68)60-42-47(77)45(75)37(28-66)91-53(42)88-25-22-84-18-15-57-39(71)11-9-34(50(80)58-17-20-86-23-26-89-54-43(61-32(2)69)48(78)46(76)38(29-67)92-54)63-40(72)12-10-35(64-41(73)13-14-55(4,5)90-30-56(6,7)93-94(82)95)51(81)59-16-19-85-21-24-87-52(62-33(3)70)49(79)44(74)36(27-65)83-8/h34-38,42-49,52-54,65-67,74-79,94H,9-30H2,1-8H3,(H,57,71)(H,58,80)(H,59,81)(H,60,68)(H,61,69)(H,62,70)(H,63,72)(H,64,73)(H,82,95). The van der Waals surface area contributed by atoms with Gasteiger partial charge in [-0.05, 0) is 47.0 Å². The Hall–Kier alpha value is -4.46. The molecule has 0 aromatic carbocycles. The molecular weight excluding hydrogens is 1310 g/mol. The van der Waals surface area contributed by atoms with Gasteiger partial charge in [-0.15, -0.1) is 0 Å². The molecule has 0 aliphatic carbocycles. The van der Waals surface area contributed by atoms with Crippen LogP contribution in [0.4, 0.5) is 0 Å². The van der Waals surface area contributed by atoms with Gasteiger partial charge < -0.3 is 140 Å². The van der Waals surface area contributed by atoms with Crippen LogP contribution in [0.5, 0.6) is 0 Å². The molecule has 2 heterocycles. The van der Waals surface area contributed by atoms with Gasteiger partial charge in [-0.3, -0.25) is 42.9 Å². The third kappa shape index (κ3) is 34.3. The quantitative estimate of drug-likeness (QED) is 0.0116. The van der Waals surface area contributed by atoms with Crippen LogP contribution in [0.15, 0.2) is 0 Å². The van der Waals surface area contributed by atoms with Crippen molar-refractivity contribution in [2.75, 3.05) is 113 Å². The average molecular weight is 1420 g/mol. The molecule has 2 fully saturated rings. The van der Waals surface area contributed by atoms with Gasteiger partial charge in [0.25, 0.3) is 0 Å². The lowest BCUT2D eigenvalue weighted by atomic mass is 9.97. The van der Waals surface area contributed by atoms with E-state index in [1.807, 2.05) is 0 Å². The molecular formula is C56H103N8O29PS. The highest BCUT2D eigenvalue weighted by molar-refractivity contribution is 8.39. The lowest BCUT2D eigenvalue weighted by Crippen LogP contribution is -2.64. The molecule has 17 N–H and O–H groups in total. The second kappa shape index (κ2) is 46.0. The zero-order chi connectivity index (χ0) is 71.4. The number of nitrogens with one attached hydrogen (secondary N) is 8. The van der Waals surface area contributed by atoms with Gasteiger partial charge >= 0.3 is 0 Å². The second-order valence-electron chi connectivity index (χ2n) is 23.3. The molecule has 2 aliphatic rings. The van der Waals surface area contributed by atoms with Crippen molar-refractivity contribution in [3.8, 4) is 0 Å². The van der Waals surface area contributed by atoms with E-state index in [9.17, 15) is 88.9 Å². The molecule has 552 valence electrons. The summed E-state index contributed by atoms with van der Waals surface area (Å²) in [6.45, 7) is 6.73. The first-order valence-corrected chi connectivity index (χ1v) is 33.5. The predicted molar refractivity (Wildman–Crippen MR) is 332 cm³/mol. The highest BCUT2D eigenvalue weighted by Gasteiger charge is 2.47. The molecule has 95 heavy (non-hydrogen) atoms. The van der Waals surface area contributed by atoms with Crippen LogP contribution in [-0.2, 0) is 94.8 Å². The van der Waals surface area contributed by atoms with Crippen LogP contribution in [0.25, 0.3) is 0 Å². The van der Waals surface area contributed by atoms with Gasteiger partial charge in [0, 0.05) is 66.8 Å². The van der Waals surface area contributed by atoms with Crippen molar-refractivity contribution in [3.05, 3.63) is 0 Å². The number of aliphatic hydroxyl groups is 9. The van der Waals surface area contributed by atoms with Gasteiger partial charge in [0.15, 0.2) is 18.8 Å². The van der Waals surface area contributed by atoms with Crippen LogP contribution in [0.1, 0.15) is 87.0 Å². The number of carbonyl (C=O) groups is 8.